The molecule has 9 heteroatoms. The zero-order valence-corrected chi connectivity index (χ0v) is 16.7. The molecule has 4 heterocycles. The lowest BCUT2D eigenvalue weighted by Crippen LogP contribution is -2.46. The van der Waals surface area contributed by atoms with Gasteiger partial charge in [0.2, 0.25) is 0 Å². The maximum absolute atomic E-state index is 10.1. The SMILES string of the molecule is CC(NC1N=CN=C2NC=NC21)c1cc(Cl)c2cccnc2c1N1CC[C@@H](O)C1. The summed E-state index contributed by atoms with van der Waals surface area (Å²) in [5.74, 6) is 0.797. The highest BCUT2D eigenvalue weighted by Crippen LogP contribution is 2.39. The fourth-order valence-electron chi connectivity index (χ4n) is 4.23. The molecule has 1 aromatic heterocycles. The van der Waals surface area contributed by atoms with E-state index >= 15 is 0 Å². The summed E-state index contributed by atoms with van der Waals surface area (Å²) in [6, 6.07) is 5.65. The fourth-order valence-corrected chi connectivity index (χ4v) is 4.50. The molecule has 29 heavy (non-hydrogen) atoms. The Morgan fingerprint density at radius 1 is 1.38 bits per heavy atom. The second kappa shape index (κ2) is 7.37. The summed E-state index contributed by atoms with van der Waals surface area (Å²) in [4.78, 5) is 20.0. The monoisotopic (exact) mass is 411 g/mol. The number of rotatable bonds is 4. The summed E-state index contributed by atoms with van der Waals surface area (Å²) in [6.07, 6.45) is 5.19. The lowest BCUT2D eigenvalue weighted by Gasteiger charge is -2.30. The number of aliphatic hydroxyl groups excluding tert-OH is 1. The van der Waals surface area contributed by atoms with Gasteiger partial charge in [-0.05, 0) is 37.1 Å². The van der Waals surface area contributed by atoms with Gasteiger partial charge in [-0.3, -0.25) is 20.3 Å². The number of aliphatic imine (C=N–C) groups is 3. The molecular formula is C20H22ClN7O. The number of amidine groups is 1. The van der Waals surface area contributed by atoms with Crippen LogP contribution in [0.25, 0.3) is 10.9 Å². The number of pyridine rings is 1. The number of aliphatic hydroxyl groups is 1. The van der Waals surface area contributed by atoms with Crippen molar-refractivity contribution in [3.05, 3.63) is 35.0 Å². The van der Waals surface area contributed by atoms with Crippen LogP contribution in [-0.2, 0) is 0 Å². The molecule has 1 saturated heterocycles. The summed E-state index contributed by atoms with van der Waals surface area (Å²) in [5, 5.41) is 18.3. The van der Waals surface area contributed by atoms with E-state index in [9.17, 15) is 5.11 Å². The van der Waals surface area contributed by atoms with Gasteiger partial charge in [0, 0.05) is 30.7 Å². The van der Waals surface area contributed by atoms with Gasteiger partial charge in [0.25, 0.3) is 0 Å². The van der Waals surface area contributed by atoms with Gasteiger partial charge in [-0.1, -0.05) is 11.6 Å². The maximum Gasteiger partial charge on any atom is 0.145 e. The molecule has 5 rings (SSSR count). The van der Waals surface area contributed by atoms with Gasteiger partial charge in [0.05, 0.1) is 28.7 Å². The molecule has 150 valence electrons. The molecule has 2 aromatic rings. The average Bonchev–Trinajstić information content (AvgIpc) is 3.37. The second-order valence-electron chi connectivity index (χ2n) is 7.56. The van der Waals surface area contributed by atoms with E-state index in [4.69, 9.17) is 11.6 Å². The largest absolute Gasteiger partial charge is 0.391 e. The second-order valence-corrected chi connectivity index (χ2v) is 7.97. The van der Waals surface area contributed by atoms with E-state index in [0.29, 0.717) is 11.6 Å². The molecule has 3 N–H and O–H groups in total. The summed E-state index contributed by atoms with van der Waals surface area (Å²) in [7, 11) is 0. The van der Waals surface area contributed by atoms with Gasteiger partial charge < -0.3 is 15.3 Å². The normalized spacial score (nSPS) is 26.5. The Morgan fingerprint density at radius 3 is 3.10 bits per heavy atom. The van der Waals surface area contributed by atoms with Gasteiger partial charge in [-0.15, -0.1) is 0 Å². The minimum atomic E-state index is -0.332. The highest BCUT2D eigenvalue weighted by atomic mass is 35.5. The minimum absolute atomic E-state index is 0.0658. The minimum Gasteiger partial charge on any atom is -0.391 e. The van der Waals surface area contributed by atoms with Crippen LogP contribution in [0, 0.1) is 0 Å². The number of hydrogen-bond donors (Lipinski definition) is 3. The zero-order valence-electron chi connectivity index (χ0n) is 16.0. The summed E-state index contributed by atoms with van der Waals surface area (Å²) >= 11 is 6.63. The van der Waals surface area contributed by atoms with E-state index in [-0.39, 0.29) is 24.4 Å². The Balaban J connectivity index is 1.54. The predicted molar refractivity (Wildman–Crippen MR) is 116 cm³/mol. The van der Waals surface area contributed by atoms with Gasteiger partial charge in [-0.2, -0.15) is 0 Å². The number of nitrogens with one attached hydrogen (secondary N) is 2. The summed E-state index contributed by atoms with van der Waals surface area (Å²) in [5.41, 5.74) is 2.90. The molecule has 0 aliphatic carbocycles. The Kier molecular flexibility index (Phi) is 4.69. The number of β-amino-alcohol motifs (C(OH)–C–C–N with tert-alkyl or cyclic N) is 1. The third-order valence-corrected chi connectivity index (χ3v) is 5.98. The number of fused-ring (bicyclic) bond motifs is 2. The van der Waals surface area contributed by atoms with E-state index in [1.165, 1.54) is 0 Å². The molecular weight excluding hydrogens is 390 g/mol. The highest BCUT2D eigenvalue weighted by molar-refractivity contribution is 6.36. The van der Waals surface area contributed by atoms with Gasteiger partial charge in [0.1, 0.15) is 24.4 Å². The van der Waals surface area contributed by atoms with Gasteiger partial charge in [0.15, 0.2) is 0 Å². The van der Waals surface area contributed by atoms with E-state index < -0.39 is 0 Å². The van der Waals surface area contributed by atoms with Crippen LogP contribution in [-0.4, -0.2) is 60.0 Å². The van der Waals surface area contributed by atoms with Crippen molar-refractivity contribution in [1.29, 1.82) is 0 Å². The van der Waals surface area contributed by atoms with Gasteiger partial charge in [-0.25, -0.2) is 4.99 Å². The highest BCUT2D eigenvalue weighted by Gasteiger charge is 2.33. The Hall–Kier alpha value is -2.55. The molecule has 1 aromatic carbocycles. The van der Waals surface area contributed by atoms with Gasteiger partial charge >= 0.3 is 0 Å². The van der Waals surface area contributed by atoms with Crippen molar-refractivity contribution in [2.45, 2.75) is 37.7 Å². The Labute approximate surface area is 173 Å². The first-order chi connectivity index (χ1) is 14.1. The summed E-state index contributed by atoms with van der Waals surface area (Å²) < 4.78 is 0. The lowest BCUT2D eigenvalue weighted by atomic mass is 10.0. The molecule has 4 atom stereocenters. The van der Waals surface area contributed by atoms with Crippen molar-refractivity contribution in [2.75, 3.05) is 18.0 Å². The third-order valence-electron chi connectivity index (χ3n) is 5.66. The molecule has 3 unspecified atom stereocenters. The molecule has 0 saturated carbocycles. The van der Waals surface area contributed by atoms with Crippen molar-refractivity contribution in [1.82, 2.24) is 15.6 Å². The van der Waals surface area contributed by atoms with Crippen molar-refractivity contribution < 1.29 is 5.11 Å². The maximum atomic E-state index is 10.1. The van der Waals surface area contributed by atoms with Crippen LogP contribution in [0.15, 0.2) is 39.4 Å². The molecule has 3 aliphatic rings. The number of benzene rings is 1. The lowest BCUT2D eigenvalue weighted by molar-refractivity contribution is 0.198. The number of aromatic nitrogens is 1. The number of nitrogens with zero attached hydrogens (tertiary/aromatic N) is 5. The Morgan fingerprint density at radius 2 is 2.28 bits per heavy atom. The molecule has 3 aliphatic heterocycles. The van der Waals surface area contributed by atoms with E-state index in [1.807, 2.05) is 18.2 Å². The average molecular weight is 412 g/mol. The molecule has 0 bridgehead atoms. The van der Waals surface area contributed by atoms with Crippen LogP contribution >= 0.6 is 11.6 Å². The third kappa shape index (κ3) is 3.27. The van der Waals surface area contributed by atoms with Crippen LogP contribution < -0.4 is 15.5 Å². The van der Waals surface area contributed by atoms with Crippen LogP contribution in [0.5, 0.6) is 0 Å². The van der Waals surface area contributed by atoms with Crippen LogP contribution in [0.2, 0.25) is 5.02 Å². The summed E-state index contributed by atoms with van der Waals surface area (Å²) in [6.45, 7) is 3.45. The van der Waals surface area contributed by atoms with E-state index in [0.717, 1.165) is 41.0 Å². The van der Waals surface area contributed by atoms with Crippen molar-refractivity contribution in [2.24, 2.45) is 15.0 Å². The number of anilines is 1. The first kappa shape index (κ1) is 18.5. The van der Waals surface area contributed by atoms with Crippen molar-refractivity contribution >= 4 is 46.7 Å². The quantitative estimate of drug-likeness (QED) is 0.713. The van der Waals surface area contributed by atoms with E-state index in [2.05, 4.69) is 42.4 Å². The topological polar surface area (TPSA) is 97.5 Å². The first-order valence-electron chi connectivity index (χ1n) is 9.75. The molecule has 0 amide bonds. The van der Waals surface area contributed by atoms with E-state index in [1.54, 1.807) is 18.9 Å². The fraction of sp³-hybridized carbons (Fsp3) is 0.400. The molecule has 0 radical (unpaired) electrons. The number of hydrogen-bond acceptors (Lipinski definition) is 8. The standard InChI is InChI=1S/C20H22ClN7O/c1-11(27-20-17-19(24-9-23-17)25-10-26-20)14-7-15(21)13-3-2-5-22-16(13)18(14)28-6-4-12(29)8-28/h2-3,5,7,9-12,17,20,27,29H,4,6,8H2,1H3,(H,23,24,25,26)/t11?,12-,17?,20?/m1/s1. The predicted octanol–water partition coefficient (Wildman–Crippen LogP) is 1.88. The van der Waals surface area contributed by atoms with Crippen LogP contribution in [0.4, 0.5) is 5.69 Å². The van der Waals surface area contributed by atoms with Crippen LogP contribution in [0.3, 0.4) is 0 Å². The molecule has 1 fully saturated rings. The number of halogens is 1. The van der Waals surface area contributed by atoms with Crippen molar-refractivity contribution in [3.63, 3.8) is 0 Å². The van der Waals surface area contributed by atoms with Crippen molar-refractivity contribution in [3.8, 4) is 0 Å². The van der Waals surface area contributed by atoms with Crippen LogP contribution in [0.1, 0.15) is 24.9 Å². The first-order valence-corrected chi connectivity index (χ1v) is 10.1. The molecule has 8 nitrogen and oxygen atoms in total. The Bertz CT molecular complexity index is 1040. The molecule has 0 spiro atoms. The zero-order chi connectivity index (χ0) is 20.0. The smallest absolute Gasteiger partial charge is 0.145 e.